The minimum Gasteiger partial charge on any atom is -0.481 e. The van der Waals surface area contributed by atoms with Gasteiger partial charge in [-0.05, 0) is 18.1 Å². The lowest BCUT2D eigenvalue weighted by Crippen LogP contribution is -2.35. The molecule has 0 radical (unpaired) electrons. The number of carboxylic acids is 1. The molecule has 0 fully saturated rings. The van der Waals surface area contributed by atoms with Crippen molar-refractivity contribution in [3.8, 4) is 0 Å². The summed E-state index contributed by atoms with van der Waals surface area (Å²) in [6, 6.07) is 1.57. The molecule has 0 saturated heterocycles. The Hall–Kier alpha value is -1.29. The number of aromatic amines is 1. The number of carbonyl (C=O) groups is 1. The van der Waals surface area contributed by atoms with Gasteiger partial charge in [-0.3, -0.25) is 4.79 Å². The Kier molecular flexibility index (Phi) is 3.08. The highest BCUT2D eigenvalue weighted by atomic mass is 16.4. The SMILES string of the molecule is CC(C(=O)O)C(N)Cc1cc[nH]c1. The topological polar surface area (TPSA) is 79.1 Å². The van der Waals surface area contributed by atoms with Crippen LogP contribution in [0.3, 0.4) is 0 Å². The number of hydrogen-bond acceptors (Lipinski definition) is 2. The predicted molar refractivity (Wildman–Crippen MR) is 49.3 cm³/mol. The third-order valence-corrected chi connectivity index (χ3v) is 2.17. The molecule has 0 aliphatic rings. The smallest absolute Gasteiger partial charge is 0.307 e. The van der Waals surface area contributed by atoms with Crippen LogP contribution >= 0.6 is 0 Å². The molecule has 4 heteroatoms. The van der Waals surface area contributed by atoms with Crippen LogP contribution in [0.5, 0.6) is 0 Å². The summed E-state index contributed by atoms with van der Waals surface area (Å²) in [6.07, 6.45) is 4.22. The molecule has 1 aromatic heterocycles. The number of nitrogens with two attached hydrogens (primary N) is 1. The van der Waals surface area contributed by atoms with Gasteiger partial charge in [0.2, 0.25) is 0 Å². The van der Waals surface area contributed by atoms with Crippen molar-refractivity contribution in [2.24, 2.45) is 11.7 Å². The van der Waals surface area contributed by atoms with E-state index in [1.807, 2.05) is 12.3 Å². The van der Waals surface area contributed by atoms with E-state index < -0.39 is 11.9 Å². The van der Waals surface area contributed by atoms with E-state index in [1.54, 1.807) is 13.1 Å². The van der Waals surface area contributed by atoms with Crippen molar-refractivity contribution >= 4 is 5.97 Å². The molecule has 0 aliphatic heterocycles. The number of carboxylic acid groups (broad SMARTS) is 1. The van der Waals surface area contributed by atoms with E-state index in [9.17, 15) is 4.79 Å². The van der Waals surface area contributed by atoms with Crippen LogP contribution in [-0.4, -0.2) is 22.1 Å². The standard InChI is InChI=1S/C9H14N2O2/c1-6(9(12)13)8(10)4-7-2-3-11-5-7/h2-3,5-6,8,11H,4,10H2,1H3,(H,12,13). The van der Waals surface area contributed by atoms with Crippen LogP contribution < -0.4 is 5.73 Å². The maximum Gasteiger partial charge on any atom is 0.307 e. The molecule has 0 aliphatic carbocycles. The van der Waals surface area contributed by atoms with E-state index in [0.717, 1.165) is 5.56 Å². The number of aliphatic carboxylic acids is 1. The van der Waals surface area contributed by atoms with Crippen molar-refractivity contribution in [2.45, 2.75) is 19.4 Å². The normalized spacial score (nSPS) is 15.2. The third kappa shape index (κ3) is 2.59. The van der Waals surface area contributed by atoms with Gasteiger partial charge in [-0.25, -0.2) is 0 Å². The molecule has 0 bridgehead atoms. The molecule has 0 saturated carbocycles. The molecule has 1 rings (SSSR count). The zero-order valence-electron chi connectivity index (χ0n) is 7.53. The third-order valence-electron chi connectivity index (χ3n) is 2.17. The molecule has 1 heterocycles. The van der Waals surface area contributed by atoms with Gasteiger partial charge >= 0.3 is 5.97 Å². The molecule has 4 nitrogen and oxygen atoms in total. The van der Waals surface area contributed by atoms with Gasteiger partial charge < -0.3 is 15.8 Å². The monoisotopic (exact) mass is 182 g/mol. The van der Waals surface area contributed by atoms with Crippen LogP contribution in [0.4, 0.5) is 0 Å². The predicted octanol–water partition coefficient (Wildman–Crippen LogP) is 0.605. The van der Waals surface area contributed by atoms with Crippen molar-refractivity contribution in [3.63, 3.8) is 0 Å². The quantitative estimate of drug-likeness (QED) is 0.638. The second-order valence-corrected chi connectivity index (χ2v) is 3.21. The van der Waals surface area contributed by atoms with E-state index in [4.69, 9.17) is 10.8 Å². The molecule has 13 heavy (non-hydrogen) atoms. The largest absolute Gasteiger partial charge is 0.481 e. The second kappa shape index (κ2) is 4.09. The minimum absolute atomic E-state index is 0.326. The van der Waals surface area contributed by atoms with Crippen LogP contribution in [0.15, 0.2) is 18.5 Å². The molecule has 1 aromatic rings. The highest BCUT2D eigenvalue weighted by Gasteiger charge is 2.19. The van der Waals surface area contributed by atoms with Gasteiger partial charge in [0.15, 0.2) is 0 Å². The Morgan fingerprint density at radius 1 is 1.77 bits per heavy atom. The molecule has 2 unspecified atom stereocenters. The lowest BCUT2D eigenvalue weighted by molar-refractivity contribution is -0.141. The Morgan fingerprint density at radius 3 is 2.92 bits per heavy atom. The highest BCUT2D eigenvalue weighted by molar-refractivity contribution is 5.70. The van der Waals surface area contributed by atoms with Gasteiger partial charge in [0, 0.05) is 18.4 Å². The van der Waals surface area contributed by atoms with Gasteiger partial charge in [0.05, 0.1) is 5.92 Å². The lowest BCUT2D eigenvalue weighted by Gasteiger charge is -2.14. The first kappa shape index (κ1) is 9.80. The van der Waals surface area contributed by atoms with E-state index >= 15 is 0 Å². The summed E-state index contributed by atoms with van der Waals surface area (Å²) in [7, 11) is 0. The number of aromatic nitrogens is 1. The second-order valence-electron chi connectivity index (χ2n) is 3.21. The number of nitrogens with one attached hydrogen (secondary N) is 1. The van der Waals surface area contributed by atoms with Gasteiger partial charge in [-0.2, -0.15) is 0 Å². The van der Waals surface area contributed by atoms with Crippen molar-refractivity contribution in [1.29, 1.82) is 0 Å². The fraction of sp³-hybridized carbons (Fsp3) is 0.444. The fourth-order valence-electron chi connectivity index (χ4n) is 1.12. The Bertz CT molecular complexity index is 269. The van der Waals surface area contributed by atoms with Gasteiger partial charge in [0.1, 0.15) is 0 Å². The van der Waals surface area contributed by atoms with E-state index in [-0.39, 0.29) is 6.04 Å². The number of rotatable bonds is 4. The Labute approximate surface area is 76.8 Å². The Balaban J connectivity index is 2.50. The Morgan fingerprint density at radius 2 is 2.46 bits per heavy atom. The first-order valence-corrected chi connectivity index (χ1v) is 4.21. The maximum atomic E-state index is 10.6. The minimum atomic E-state index is -0.844. The van der Waals surface area contributed by atoms with Crippen molar-refractivity contribution in [3.05, 3.63) is 24.0 Å². The van der Waals surface area contributed by atoms with Crippen LogP contribution in [-0.2, 0) is 11.2 Å². The summed E-state index contributed by atoms with van der Waals surface area (Å²) in [5, 5.41) is 8.69. The summed E-state index contributed by atoms with van der Waals surface area (Å²) in [5.74, 6) is -1.35. The van der Waals surface area contributed by atoms with Crippen molar-refractivity contribution in [2.75, 3.05) is 0 Å². The first-order valence-electron chi connectivity index (χ1n) is 4.21. The molecule has 72 valence electrons. The summed E-state index contributed by atoms with van der Waals surface area (Å²) in [5.41, 5.74) is 6.76. The summed E-state index contributed by atoms with van der Waals surface area (Å²) in [6.45, 7) is 1.62. The van der Waals surface area contributed by atoms with Gasteiger partial charge in [0.25, 0.3) is 0 Å². The molecular weight excluding hydrogens is 168 g/mol. The highest BCUT2D eigenvalue weighted by Crippen LogP contribution is 2.08. The van der Waals surface area contributed by atoms with Gasteiger partial charge in [-0.15, -0.1) is 0 Å². The summed E-state index contributed by atoms with van der Waals surface area (Å²) in [4.78, 5) is 13.5. The molecule has 0 amide bonds. The molecular formula is C9H14N2O2. The average molecular weight is 182 g/mol. The van der Waals surface area contributed by atoms with Crippen LogP contribution in [0.2, 0.25) is 0 Å². The van der Waals surface area contributed by atoms with E-state index in [0.29, 0.717) is 6.42 Å². The summed E-state index contributed by atoms with van der Waals surface area (Å²) < 4.78 is 0. The molecule has 4 N–H and O–H groups in total. The van der Waals surface area contributed by atoms with Gasteiger partial charge in [-0.1, -0.05) is 6.92 Å². The summed E-state index contributed by atoms with van der Waals surface area (Å²) >= 11 is 0. The van der Waals surface area contributed by atoms with Crippen molar-refractivity contribution < 1.29 is 9.90 Å². The zero-order valence-corrected chi connectivity index (χ0v) is 7.53. The van der Waals surface area contributed by atoms with E-state index in [1.165, 1.54) is 0 Å². The zero-order chi connectivity index (χ0) is 9.84. The van der Waals surface area contributed by atoms with Crippen LogP contribution in [0, 0.1) is 5.92 Å². The molecule has 2 atom stereocenters. The fourth-order valence-corrected chi connectivity index (χ4v) is 1.12. The van der Waals surface area contributed by atoms with E-state index in [2.05, 4.69) is 4.98 Å². The number of H-pyrrole nitrogens is 1. The number of hydrogen-bond donors (Lipinski definition) is 3. The maximum absolute atomic E-state index is 10.6. The average Bonchev–Trinajstić information content (AvgIpc) is 2.55. The first-order chi connectivity index (χ1) is 6.11. The van der Waals surface area contributed by atoms with Crippen LogP contribution in [0.25, 0.3) is 0 Å². The molecule has 0 spiro atoms. The lowest BCUT2D eigenvalue weighted by atomic mass is 9.97. The van der Waals surface area contributed by atoms with Crippen LogP contribution in [0.1, 0.15) is 12.5 Å². The molecule has 0 aromatic carbocycles. The van der Waals surface area contributed by atoms with Crippen molar-refractivity contribution in [1.82, 2.24) is 4.98 Å².